The highest BCUT2D eigenvalue weighted by atomic mass is 35.5. The molecule has 0 radical (unpaired) electrons. The van der Waals surface area contributed by atoms with Crippen molar-refractivity contribution < 1.29 is 9.15 Å². The van der Waals surface area contributed by atoms with Crippen LogP contribution < -0.4 is 11.3 Å². The molecule has 3 rings (SSSR count). The third-order valence-electron chi connectivity index (χ3n) is 3.92. The second kappa shape index (κ2) is 8.11. The molecular weight excluding hydrogens is 378 g/mol. The largest absolute Gasteiger partial charge is 0.423 e. The van der Waals surface area contributed by atoms with Gasteiger partial charge in [-0.3, -0.25) is 4.57 Å². The van der Waals surface area contributed by atoms with E-state index < -0.39 is 5.63 Å². The number of hydrogen-bond acceptors (Lipinski definition) is 6. The summed E-state index contributed by atoms with van der Waals surface area (Å²) in [6.45, 7) is 2.92. The van der Waals surface area contributed by atoms with Gasteiger partial charge in [-0.15, -0.1) is 5.10 Å². The second-order valence-electron chi connectivity index (χ2n) is 5.79. The first kappa shape index (κ1) is 18.8. The van der Waals surface area contributed by atoms with Crippen molar-refractivity contribution in [3.8, 4) is 0 Å². The smallest absolute Gasteiger partial charge is 0.343 e. The molecule has 26 heavy (non-hydrogen) atoms. The number of aryl methyl sites for hydroxylation is 1. The summed E-state index contributed by atoms with van der Waals surface area (Å²) in [5.74, 6) is 0.454. The van der Waals surface area contributed by atoms with Gasteiger partial charge in [0.2, 0.25) is 0 Å². The fourth-order valence-corrected chi connectivity index (χ4v) is 3.71. The summed E-state index contributed by atoms with van der Waals surface area (Å²) < 4.78 is 11.9. The summed E-state index contributed by atoms with van der Waals surface area (Å²) in [4.78, 5) is 23.8. The number of hydrogen-bond donors (Lipinski definition) is 1. The van der Waals surface area contributed by atoms with Gasteiger partial charge < -0.3 is 9.15 Å². The minimum absolute atomic E-state index is 0.264. The number of H-pyrrole nitrogens is 1. The number of nitrogens with one attached hydrogen (secondary N) is 1. The molecule has 0 aliphatic carbocycles. The Morgan fingerprint density at radius 1 is 1.35 bits per heavy atom. The lowest BCUT2D eigenvalue weighted by Crippen LogP contribution is -2.18. The number of halogens is 1. The summed E-state index contributed by atoms with van der Waals surface area (Å²) in [6.07, 6.45) is 0.705. The summed E-state index contributed by atoms with van der Waals surface area (Å²) in [6, 6.07) is 4.99. The molecule has 138 valence electrons. The van der Waals surface area contributed by atoms with Crippen molar-refractivity contribution in [2.45, 2.75) is 30.8 Å². The SMILES string of the molecule is COCCCn1c(SCc2cc(=O)oc3cc(C)c(Cl)cc23)n[nH]c1=O. The number of benzene rings is 1. The van der Waals surface area contributed by atoms with Crippen molar-refractivity contribution in [3.05, 3.63) is 55.3 Å². The van der Waals surface area contributed by atoms with E-state index in [9.17, 15) is 9.59 Å². The van der Waals surface area contributed by atoms with E-state index in [1.54, 1.807) is 23.8 Å². The molecule has 7 nitrogen and oxygen atoms in total. The molecule has 0 bridgehead atoms. The van der Waals surface area contributed by atoms with Crippen LogP contribution in [-0.2, 0) is 17.0 Å². The number of methoxy groups -OCH3 is 1. The van der Waals surface area contributed by atoms with Gasteiger partial charge in [0.05, 0.1) is 0 Å². The third-order valence-corrected chi connectivity index (χ3v) is 5.35. The van der Waals surface area contributed by atoms with E-state index in [2.05, 4.69) is 10.2 Å². The van der Waals surface area contributed by atoms with Crippen molar-refractivity contribution in [2.24, 2.45) is 0 Å². The average Bonchev–Trinajstić information content (AvgIpc) is 2.95. The van der Waals surface area contributed by atoms with E-state index in [0.29, 0.717) is 41.1 Å². The number of thioether (sulfide) groups is 1. The van der Waals surface area contributed by atoms with Crippen LogP contribution in [0.15, 0.2) is 37.4 Å². The minimum atomic E-state index is -0.422. The van der Waals surface area contributed by atoms with E-state index in [1.165, 1.54) is 17.8 Å². The summed E-state index contributed by atoms with van der Waals surface area (Å²) in [5, 5.41) is 8.46. The molecule has 1 aromatic carbocycles. The van der Waals surface area contributed by atoms with Crippen molar-refractivity contribution in [2.75, 3.05) is 13.7 Å². The van der Waals surface area contributed by atoms with E-state index in [1.807, 2.05) is 6.92 Å². The van der Waals surface area contributed by atoms with Crippen LogP contribution in [0.1, 0.15) is 17.5 Å². The van der Waals surface area contributed by atoms with Crippen LogP contribution in [0, 0.1) is 6.92 Å². The van der Waals surface area contributed by atoms with E-state index in [-0.39, 0.29) is 5.69 Å². The Labute approximate surface area is 158 Å². The Balaban J connectivity index is 1.88. The van der Waals surface area contributed by atoms with Crippen molar-refractivity contribution in [3.63, 3.8) is 0 Å². The van der Waals surface area contributed by atoms with Crippen LogP contribution >= 0.6 is 23.4 Å². The summed E-state index contributed by atoms with van der Waals surface area (Å²) in [5.41, 5.74) is 1.43. The molecule has 0 saturated carbocycles. The van der Waals surface area contributed by atoms with Crippen molar-refractivity contribution >= 4 is 34.3 Å². The van der Waals surface area contributed by atoms with Crippen LogP contribution in [0.3, 0.4) is 0 Å². The standard InChI is InChI=1S/C17H18ClN3O4S/c1-10-6-14-12(8-13(10)18)11(7-15(22)25-14)9-26-17-20-19-16(23)21(17)4-3-5-24-2/h6-8H,3-5,9H2,1-2H3,(H,19,23). The lowest BCUT2D eigenvalue weighted by molar-refractivity contribution is 0.189. The van der Waals surface area contributed by atoms with Crippen LogP contribution in [-0.4, -0.2) is 28.5 Å². The topological polar surface area (TPSA) is 90.1 Å². The molecule has 0 amide bonds. The predicted molar refractivity (Wildman–Crippen MR) is 101 cm³/mol. The zero-order chi connectivity index (χ0) is 18.7. The minimum Gasteiger partial charge on any atom is -0.423 e. The van der Waals surface area contributed by atoms with Gasteiger partial charge in [0.25, 0.3) is 0 Å². The maximum Gasteiger partial charge on any atom is 0.343 e. The third kappa shape index (κ3) is 4.03. The van der Waals surface area contributed by atoms with Crippen molar-refractivity contribution in [1.29, 1.82) is 0 Å². The van der Waals surface area contributed by atoms with Gasteiger partial charge in [0, 0.05) is 42.5 Å². The molecule has 1 N–H and O–H groups in total. The van der Waals surface area contributed by atoms with Crippen molar-refractivity contribution in [1.82, 2.24) is 14.8 Å². The second-order valence-corrected chi connectivity index (χ2v) is 7.14. The van der Waals surface area contributed by atoms with Gasteiger partial charge in [-0.05, 0) is 36.6 Å². The monoisotopic (exact) mass is 395 g/mol. The molecule has 0 fully saturated rings. The molecular formula is C17H18ClN3O4S. The Hall–Kier alpha value is -2.03. The first-order chi connectivity index (χ1) is 12.5. The van der Waals surface area contributed by atoms with Gasteiger partial charge >= 0.3 is 11.3 Å². The quantitative estimate of drug-likeness (QED) is 0.376. The fraction of sp³-hybridized carbons (Fsp3) is 0.353. The zero-order valence-electron chi connectivity index (χ0n) is 14.4. The number of ether oxygens (including phenoxy) is 1. The van der Waals surface area contributed by atoms with Crippen LogP contribution in [0.2, 0.25) is 5.02 Å². The van der Waals surface area contributed by atoms with E-state index in [4.69, 9.17) is 20.8 Å². The molecule has 2 aromatic heterocycles. The molecule has 0 unspecified atom stereocenters. The highest BCUT2D eigenvalue weighted by Gasteiger charge is 2.12. The van der Waals surface area contributed by atoms with E-state index in [0.717, 1.165) is 16.5 Å². The number of aromatic amines is 1. The Kier molecular flexibility index (Phi) is 5.85. The maximum atomic E-state index is 11.9. The lowest BCUT2D eigenvalue weighted by atomic mass is 10.1. The summed E-state index contributed by atoms with van der Waals surface area (Å²) in [7, 11) is 1.62. The van der Waals surface area contributed by atoms with Crippen LogP contribution in [0.4, 0.5) is 0 Å². The normalized spacial score (nSPS) is 11.3. The number of fused-ring (bicyclic) bond motifs is 1. The number of rotatable bonds is 7. The zero-order valence-corrected chi connectivity index (χ0v) is 15.9. The molecule has 0 aliphatic heterocycles. The average molecular weight is 396 g/mol. The molecule has 0 aliphatic rings. The van der Waals surface area contributed by atoms with Gasteiger partial charge in [-0.2, -0.15) is 0 Å². The van der Waals surface area contributed by atoms with Gasteiger partial charge in [0.15, 0.2) is 5.16 Å². The Bertz CT molecular complexity index is 1040. The maximum absolute atomic E-state index is 11.9. The van der Waals surface area contributed by atoms with E-state index >= 15 is 0 Å². The van der Waals surface area contributed by atoms with Gasteiger partial charge in [-0.25, -0.2) is 14.7 Å². The number of aromatic nitrogens is 3. The van der Waals surface area contributed by atoms with Crippen LogP contribution in [0.5, 0.6) is 0 Å². The fourth-order valence-electron chi connectivity index (χ4n) is 2.59. The first-order valence-electron chi connectivity index (χ1n) is 7.99. The molecule has 0 saturated heterocycles. The van der Waals surface area contributed by atoms with Gasteiger partial charge in [0.1, 0.15) is 5.58 Å². The highest BCUT2D eigenvalue weighted by molar-refractivity contribution is 7.98. The van der Waals surface area contributed by atoms with Gasteiger partial charge in [-0.1, -0.05) is 23.4 Å². The highest BCUT2D eigenvalue weighted by Crippen LogP contribution is 2.28. The Morgan fingerprint density at radius 3 is 2.92 bits per heavy atom. The Morgan fingerprint density at radius 2 is 2.15 bits per heavy atom. The molecule has 9 heteroatoms. The van der Waals surface area contributed by atoms with Crippen LogP contribution in [0.25, 0.3) is 11.0 Å². The molecule has 0 spiro atoms. The molecule has 3 aromatic rings. The predicted octanol–water partition coefficient (Wildman–Crippen LogP) is 2.97. The molecule has 2 heterocycles. The number of nitrogens with zero attached hydrogens (tertiary/aromatic N) is 2. The molecule has 0 atom stereocenters. The summed E-state index contributed by atoms with van der Waals surface area (Å²) >= 11 is 7.58. The first-order valence-corrected chi connectivity index (χ1v) is 9.36. The lowest BCUT2D eigenvalue weighted by Gasteiger charge is -2.08.